The Hall–Kier alpha value is -3.55. The van der Waals surface area contributed by atoms with E-state index in [0.717, 1.165) is 36.1 Å². The Morgan fingerprint density at radius 2 is 1.41 bits per heavy atom. The molecule has 0 saturated carbocycles. The summed E-state index contributed by atoms with van der Waals surface area (Å²) in [5.74, 6) is 0.762. The molecule has 1 aromatic carbocycles. The van der Waals surface area contributed by atoms with Gasteiger partial charge in [0.1, 0.15) is 5.69 Å². The minimum absolute atomic E-state index is 0.274. The lowest BCUT2D eigenvalue weighted by Crippen LogP contribution is -2.58. The first-order valence-electron chi connectivity index (χ1n) is 11.4. The number of nitro groups is 2. The van der Waals surface area contributed by atoms with E-state index in [1.54, 1.807) is 17.3 Å². The summed E-state index contributed by atoms with van der Waals surface area (Å²) in [6.45, 7) is 5.51. The number of nitrogens with zero attached hydrogens (tertiary/aromatic N) is 4. The number of non-ortho nitro benzene ring substituents is 1. The number of allylic oxidation sites excluding steroid dienone is 6. The molecule has 200 valence electrons. The van der Waals surface area contributed by atoms with E-state index in [4.69, 9.17) is 18.6 Å². The van der Waals surface area contributed by atoms with Gasteiger partial charge in [-0.1, -0.05) is 33.1 Å². The minimum atomic E-state index is -4.69. The predicted octanol–water partition coefficient (Wildman–Crippen LogP) is 2.08. The van der Waals surface area contributed by atoms with Crippen LogP contribution in [0.4, 0.5) is 17.1 Å². The maximum Gasteiger partial charge on any atom is 0.300 e. The molecule has 0 fully saturated rings. The second-order valence-electron chi connectivity index (χ2n) is 8.65. The van der Waals surface area contributed by atoms with E-state index in [2.05, 4.69) is 43.3 Å². The van der Waals surface area contributed by atoms with Gasteiger partial charge in [0.15, 0.2) is 0 Å². The zero-order chi connectivity index (χ0) is 27.6. The predicted molar refractivity (Wildman–Crippen MR) is 128 cm³/mol. The molecule has 12 nitrogen and oxygen atoms in total. The molecule has 1 N–H and O–H groups in total. The molecule has 0 aliphatic carbocycles. The van der Waals surface area contributed by atoms with Crippen LogP contribution in [0.25, 0.3) is 0 Å². The van der Waals surface area contributed by atoms with E-state index in [0.29, 0.717) is 0 Å². The molecule has 2 heterocycles. The minimum Gasteiger partial charge on any atom is -0.354 e. The molecule has 0 saturated heterocycles. The summed E-state index contributed by atoms with van der Waals surface area (Å²) < 4.78 is 32.7. The monoisotopic (exact) mass is 536 g/mol. The van der Waals surface area contributed by atoms with Crippen molar-refractivity contribution in [2.75, 3.05) is 11.4 Å². The zero-order valence-corrected chi connectivity index (χ0v) is 21.2. The maximum atomic E-state index is 11.4. The molecule has 0 bridgehead atoms. The number of rotatable bonds is 9. The van der Waals surface area contributed by atoms with Crippen LogP contribution in [0.15, 0.2) is 78.4 Å². The van der Waals surface area contributed by atoms with Gasteiger partial charge in [-0.3, -0.25) is 20.2 Å². The van der Waals surface area contributed by atoms with Crippen molar-refractivity contribution >= 4 is 17.1 Å². The van der Waals surface area contributed by atoms with E-state index in [9.17, 15) is 20.2 Å². The van der Waals surface area contributed by atoms with Gasteiger partial charge in [0, 0.05) is 37.4 Å². The SMILES string of the molecule is CC(C)CCCCCN1C=CC(=C2C=CN(c3ccc([N+](=O)[O-])cc3[N+](=O)[O-])C=C2)C=C1.[O-][Cl+3]([O-])([O-])O. The quantitative estimate of drug-likeness (QED) is 0.278. The van der Waals surface area contributed by atoms with Crippen LogP contribution in [0.3, 0.4) is 0 Å². The van der Waals surface area contributed by atoms with E-state index < -0.39 is 20.1 Å². The molecule has 0 amide bonds. The molecule has 0 aromatic heterocycles. The third-order valence-corrected chi connectivity index (χ3v) is 5.40. The summed E-state index contributed by atoms with van der Waals surface area (Å²) in [6, 6.07) is 3.64. The molecule has 1 aromatic rings. The molecule has 37 heavy (non-hydrogen) atoms. The third kappa shape index (κ3) is 10.5. The maximum absolute atomic E-state index is 11.4. The van der Waals surface area contributed by atoms with Gasteiger partial charge in [-0.05, 0) is 53.9 Å². The van der Waals surface area contributed by atoms with Gasteiger partial charge in [-0.2, -0.15) is 14.0 Å². The Balaban J connectivity index is 0.000000877. The summed E-state index contributed by atoms with van der Waals surface area (Å²) in [7, 11) is -4.69. The van der Waals surface area contributed by atoms with Crippen molar-refractivity contribution < 1.29 is 38.7 Å². The standard InChI is InChI=1S/C24H28N4O4.ClHO4/c1-19(2)6-4-3-5-13-25-14-9-20(10-15-25)21-11-16-26(17-12-21)23-8-7-22(27(29)30)18-24(23)28(31)32;2-1(3,4)5/h7-12,14-19H,3-6,13H2,1-2H3;(H,2,3,4,5). The molecule has 3 rings (SSSR count). The molecule has 2 aliphatic heterocycles. The Morgan fingerprint density at radius 1 is 0.865 bits per heavy atom. The van der Waals surface area contributed by atoms with Crippen molar-refractivity contribution in [2.24, 2.45) is 5.92 Å². The fourth-order valence-electron chi connectivity index (χ4n) is 3.59. The van der Waals surface area contributed by atoms with Gasteiger partial charge in [0.2, 0.25) is 0 Å². The zero-order valence-electron chi connectivity index (χ0n) is 20.4. The van der Waals surface area contributed by atoms with Crippen LogP contribution in [0.5, 0.6) is 0 Å². The van der Waals surface area contributed by atoms with Gasteiger partial charge >= 0.3 is 0 Å². The number of halogens is 1. The second kappa shape index (κ2) is 13.7. The van der Waals surface area contributed by atoms with Crippen molar-refractivity contribution in [3.63, 3.8) is 0 Å². The van der Waals surface area contributed by atoms with Gasteiger partial charge in [-0.15, -0.1) is 0 Å². The number of hydrogen-bond acceptors (Lipinski definition) is 10. The first kappa shape index (κ1) is 29.7. The third-order valence-electron chi connectivity index (χ3n) is 5.40. The smallest absolute Gasteiger partial charge is 0.300 e. The highest BCUT2D eigenvalue weighted by Gasteiger charge is 2.22. The summed E-state index contributed by atoms with van der Waals surface area (Å²) in [4.78, 5) is 24.9. The van der Waals surface area contributed by atoms with Crippen molar-refractivity contribution in [1.82, 2.24) is 4.90 Å². The van der Waals surface area contributed by atoms with Crippen LogP contribution < -0.4 is 18.9 Å². The lowest BCUT2D eigenvalue weighted by molar-refractivity contribution is -1.92. The Morgan fingerprint density at radius 3 is 1.89 bits per heavy atom. The fourth-order valence-corrected chi connectivity index (χ4v) is 3.59. The summed E-state index contributed by atoms with van der Waals surface area (Å²) in [6.07, 6.45) is 20.4. The van der Waals surface area contributed by atoms with Crippen molar-refractivity contribution in [1.29, 1.82) is 0 Å². The van der Waals surface area contributed by atoms with Gasteiger partial charge < -0.3 is 9.80 Å². The second-order valence-corrected chi connectivity index (χ2v) is 9.44. The molecule has 2 aliphatic rings. The Kier molecular flexibility index (Phi) is 11.0. The summed E-state index contributed by atoms with van der Waals surface area (Å²) >= 11 is 0. The van der Waals surface area contributed by atoms with E-state index in [-0.39, 0.29) is 17.1 Å². The summed E-state index contributed by atoms with van der Waals surface area (Å²) in [5.41, 5.74) is 1.68. The highest BCUT2D eigenvalue weighted by atomic mass is 35.7. The lowest BCUT2D eigenvalue weighted by Gasteiger charge is -2.22. The van der Waals surface area contributed by atoms with Crippen LogP contribution in [-0.2, 0) is 0 Å². The fraction of sp³-hybridized carbons (Fsp3) is 0.333. The van der Waals surface area contributed by atoms with Crippen LogP contribution in [-0.4, -0.2) is 26.0 Å². The number of anilines is 1. The first-order chi connectivity index (χ1) is 17.3. The summed E-state index contributed by atoms with van der Waals surface area (Å²) in [5, 5.41) is 22.3. The molecule has 0 spiro atoms. The number of benzene rings is 1. The van der Waals surface area contributed by atoms with Gasteiger partial charge in [-0.25, -0.2) is 0 Å². The number of nitro benzene ring substituents is 2. The normalized spacial score (nSPS) is 14.8. The lowest BCUT2D eigenvalue weighted by atomic mass is 10.0. The molecule has 0 radical (unpaired) electrons. The Bertz CT molecular complexity index is 1080. The first-order valence-corrected chi connectivity index (χ1v) is 12.7. The van der Waals surface area contributed by atoms with Crippen molar-refractivity contribution in [2.45, 2.75) is 39.5 Å². The number of hydrogen-bond donors (Lipinski definition) is 1. The average molecular weight is 537 g/mol. The van der Waals surface area contributed by atoms with Gasteiger partial charge in [0.25, 0.3) is 11.4 Å². The largest absolute Gasteiger partial charge is 0.354 e. The van der Waals surface area contributed by atoms with E-state index in [1.807, 2.05) is 12.2 Å². The highest BCUT2D eigenvalue weighted by molar-refractivity contribution is 5.71. The molecular weight excluding hydrogens is 508 g/mol. The van der Waals surface area contributed by atoms with Crippen molar-refractivity contribution in [3.8, 4) is 0 Å². The molecule has 0 unspecified atom stereocenters. The van der Waals surface area contributed by atoms with Crippen LogP contribution in [0.1, 0.15) is 39.5 Å². The van der Waals surface area contributed by atoms with E-state index in [1.165, 1.54) is 31.4 Å². The average Bonchev–Trinajstić information content (AvgIpc) is 2.82. The highest BCUT2D eigenvalue weighted by Crippen LogP contribution is 2.34. The van der Waals surface area contributed by atoms with E-state index >= 15 is 0 Å². The van der Waals surface area contributed by atoms with Crippen molar-refractivity contribution in [3.05, 3.63) is 98.7 Å². The van der Waals surface area contributed by atoms with Crippen LogP contribution >= 0.6 is 0 Å². The molecular formula is C24H29ClN4O8. The number of unbranched alkanes of at least 4 members (excludes halogenated alkanes) is 2. The topological polar surface area (TPSA) is 182 Å². The van der Waals surface area contributed by atoms with Crippen LogP contribution in [0.2, 0.25) is 0 Å². The van der Waals surface area contributed by atoms with Gasteiger partial charge in [0.05, 0.1) is 30.8 Å². The molecule has 0 atom stereocenters. The Labute approximate surface area is 216 Å². The molecule has 13 heteroatoms. The van der Waals surface area contributed by atoms with Crippen LogP contribution in [0, 0.1) is 36.4 Å².